The van der Waals surface area contributed by atoms with Crippen molar-refractivity contribution in [2.75, 3.05) is 14.1 Å². The van der Waals surface area contributed by atoms with Crippen LogP contribution in [0.5, 0.6) is 0 Å². The van der Waals surface area contributed by atoms with Crippen molar-refractivity contribution in [2.45, 2.75) is 6.42 Å². The minimum atomic E-state index is -0.303. The molecule has 0 amide bonds. The molecule has 0 fully saturated rings. The van der Waals surface area contributed by atoms with Gasteiger partial charge in [-0.1, -0.05) is 0 Å². The molecule has 64 valence electrons. The molecule has 0 aromatic rings. The fourth-order valence-corrected chi connectivity index (χ4v) is 3.16. The van der Waals surface area contributed by atoms with Gasteiger partial charge in [0.15, 0.2) is 0 Å². The second-order valence-corrected chi connectivity index (χ2v) is 6.66. The van der Waals surface area contributed by atoms with E-state index in [0.717, 1.165) is 0 Å². The van der Waals surface area contributed by atoms with Crippen molar-refractivity contribution in [3.05, 3.63) is 21.5 Å². The average Bonchev–Trinajstić information content (AvgIpc) is 2.15. The normalized spacial score (nSPS) is 13.5. The molecular weight excluding hydrogens is 260 g/mol. The number of allylic oxidation sites excluding steroid dienone is 4. The van der Waals surface area contributed by atoms with Crippen LogP contribution in [0.25, 0.3) is 0 Å². The summed E-state index contributed by atoms with van der Waals surface area (Å²) in [6, 6.07) is 0. The van der Waals surface area contributed by atoms with Crippen LogP contribution >= 0.6 is 24.8 Å². The van der Waals surface area contributed by atoms with Gasteiger partial charge in [-0.3, -0.25) is 0 Å². The maximum Gasteiger partial charge on any atom is -0.147 e. The third-order valence-electron chi connectivity index (χ3n) is 1.14. The van der Waals surface area contributed by atoms with E-state index in [1.165, 1.54) is 6.42 Å². The molecule has 0 heterocycles. The Morgan fingerprint density at radius 3 is 2.36 bits per heavy atom. The van der Waals surface area contributed by atoms with E-state index in [0.29, 0.717) is 0 Å². The van der Waals surface area contributed by atoms with Gasteiger partial charge in [-0.15, -0.1) is 24.8 Å². The number of rotatable bonds is 2. The van der Waals surface area contributed by atoms with Crippen LogP contribution in [0.15, 0.2) is 21.5 Å². The molecule has 0 N–H and O–H groups in total. The Morgan fingerprint density at radius 2 is 2.00 bits per heavy atom. The molecule has 0 saturated heterocycles. The quantitative estimate of drug-likeness (QED) is 0.746. The summed E-state index contributed by atoms with van der Waals surface area (Å²) >= 11 is -0.303. The molecule has 1 rings (SSSR count). The van der Waals surface area contributed by atoms with Gasteiger partial charge in [0.2, 0.25) is 0 Å². The van der Waals surface area contributed by atoms with E-state index in [9.17, 15) is 0 Å². The molecule has 11 heavy (non-hydrogen) atoms. The second kappa shape index (κ2) is 7.55. The van der Waals surface area contributed by atoms with E-state index >= 15 is 0 Å². The Kier molecular flexibility index (Phi) is 9.90. The molecule has 1 aliphatic carbocycles. The van der Waals surface area contributed by atoms with Gasteiger partial charge in [0.1, 0.15) is 0 Å². The van der Waals surface area contributed by atoms with E-state index in [4.69, 9.17) is 0 Å². The summed E-state index contributed by atoms with van der Waals surface area (Å²) in [4.78, 5) is 0. The second-order valence-electron chi connectivity index (χ2n) is 2.33. The Morgan fingerprint density at radius 1 is 1.36 bits per heavy atom. The van der Waals surface area contributed by atoms with Gasteiger partial charge in [0.05, 0.1) is 0 Å². The Bertz CT molecular complexity index is 155. The first-order chi connectivity index (χ1) is 4.29. The Labute approximate surface area is 92.7 Å². The first-order valence-electron chi connectivity index (χ1n) is 3.09. The first-order valence-corrected chi connectivity index (χ1v) is 5.41. The summed E-state index contributed by atoms with van der Waals surface area (Å²) < 4.78 is 4.05. The number of halogens is 2. The molecule has 0 bridgehead atoms. The van der Waals surface area contributed by atoms with Gasteiger partial charge in [0, 0.05) is 0 Å². The standard InChI is InChI=1S/C5H5.C2H6N.2ClH.Zr/c1-2-4-5-3-1;1-3-2;;;/h1-3H,4H2;1-2H3;2*1H;/q;-1;;;+1. The molecule has 0 aromatic heterocycles. The van der Waals surface area contributed by atoms with Gasteiger partial charge in [-0.25, -0.2) is 0 Å². The van der Waals surface area contributed by atoms with Crippen molar-refractivity contribution in [3.8, 4) is 0 Å². The third kappa shape index (κ3) is 6.10. The van der Waals surface area contributed by atoms with Crippen molar-refractivity contribution in [1.82, 2.24) is 2.84 Å². The van der Waals surface area contributed by atoms with Gasteiger partial charge >= 0.3 is 68.4 Å². The maximum absolute atomic E-state index is 2.36. The summed E-state index contributed by atoms with van der Waals surface area (Å²) in [5.41, 5.74) is 0. The summed E-state index contributed by atoms with van der Waals surface area (Å²) in [6.07, 6.45) is 7.90. The molecule has 1 aliphatic rings. The van der Waals surface area contributed by atoms with E-state index < -0.39 is 0 Å². The smallest absolute Gasteiger partial charge is 0.147 e. The minimum Gasteiger partial charge on any atom is -0.147 e. The van der Waals surface area contributed by atoms with Crippen LogP contribution in [0.4, 0.5) is 0 Å². The van der Waals surface area contributed by atoms with Gasteiger partial charge in [0.25, 0.3) is 0 Å². The Balaban J connectivity index is 0. The zero-order chi connectivity index (χ0) is 6.69. The summed E-state index contributed by atoms with van der Waals surface area (Å²) in [5.74, 6) is 0. The van der Waals surface area contributed by atoms with Crippen LogP contribution in [0.3, 0.4) is 0 Å². The van der Waals surface area contributed by atoms with Crippen LogP contribution in [0.2, 0.25) is 0 Å². The molecule has 0 atom stereocenters. The molecule has 0 radical (unpaired) electrons. The molecule has 4 heteroatoms. The molecule has 0 saturated carbocycles. The van der Waals surface area contributed by atoms with Crippen molar-refractivity contribution in [1.29, 1.82) is 0 Å². The predicted octanol–water partition coefficient (Wildman–Crippen LogP) is 2.23. The largest absolute Gasteiger partial charge is 0.147 e. The minimum absolute atomic E-state index is 0. The molecule has 0 unspecified atom stereocenters. The number of hydrogen-bond donors (Lipinski definition) is 0. The fourth-order valence-electron chi connectivity index (χ4n) is 0.817. The van der Waals surface area contributed by atoms with Crippen molar-refractivity contribution in [3.63, 3.8) is 0 Å². The van der Waals surface area contributed by atoms with Gasteiger partial charge in [-0.05, 0) is 0 Å². The van der Waals surface area contributed by atoms with E-state index in [1.807, 2.05) is 0 Å². The monoisotopic (exact) mass is 271 g/mol. The molecular formula is C7H13Cl2NZr. The average molecular weight is 273 g/mol. The SMILES string of the molecule is C[N](C)[Zr][C]1=CC=CC1.Cl.Cl. The van der Waals surface area contributed by atoms with E-state index in [-0.39, 0.29) is 48.3 Å². The van der Waals surface area contributed by atoms with Crippen molar-refractivity contribution in [2.24, 2.45) is 0 Å². The van der Waals surface area contributed by atoms with Crippen LogP contribution in [-0.2, 0) is 23.5 Å². The predicted molar refractivity (Wildman–Crippen MR) is 50.0 cm³/mol. The molecule has 0 aliphatic heterocycles. The van der Waals surface area contributed by atoms with Gasteiger partial charge in [-0.2, -0.15) is 0 Å². The van der Waals surface area contributed by atoms with Crippen LogP contribution in [-0.4, -0.2) is 16.9 Å². The topological polar surface area (TPSA) is 3.24 Å². The molecule has 0 spiro atoms. The zero-order valence-electron chi connectivity index (χ0n) is 6.70. The number of hydrogen-bond acceptors (Lipinski definition) is 1. The summed E-state index contributed by atoms with van der Waals surface area (Å²) in [6.45, 7) is 0. The first kappa shape index (κ1) is 14.4. The molecule has 1 nitrogen and oxygen atoms in total. The number of nitrogens with zero attached hydrogens (tertiary/aromatic N) is 1. The van der Waals surface area contributed by atoms with Crippen molar-refractivity contribution >= 4 is 24.8 Å². The van der Waals surface area contributed by atoms with Crippen LogP contribution in [0.1, 0.15) is 6.42 Å². The van der Waals surface area contributed by atoms with E-state index in [2.05, 4.69) is 35.2 Å². The third-order valence-corrected chi connectivity index (χ3v) is 3.86. The van der Waals surface area contributed by atoms with Crippen LogP contribution in [0, 0.1) is 0 Å². The Hall–Kier alpha value is 0.903. The van der Waals surface area contributed by atoms with Crippen LogP contribution < -0.4 is 0 Å². The van der Waals surface area contributed by atoms with Gasteiger partial charge < -0.3 is 0 Å². The van der Waals surface area contributed by atoms with Crippen molar-refractivity contribution < 1.29 is 23.5 Å². The fraction of sp³-hybridized carbons (Fsp3) is 0.429. The summed E-state index contributed by atoms with van der Waals surface area (Å²) in [7, 11) is 4.34. The summed E-state index contributed by atoms with van der Waals surface area (Å²) in [5, 5.41) is 0. The zero-order valence-corrected chi connectivity index (χ0v) is 10.8. The van der Waals surface area contributed by atoms with E-state index in [1.54, 1.807) is 3.28 Å². The maximum atomic E-state index is 2.36. The molecule has 0 aromatic carbocycles.